The highest BCUT2D eigenvalue weighted by Gasteiger charge is 2.33. The molecule has 0 fully saturated rings. The highest BCUT2D eigenvalue weighted by Crippen LogP contribution is 2.28. The van der Waals surface area contributed by atoms with Crippen LogP contribution < -0.4 is 5.32 Å². The largest absolute Gasteiger partial charge is 0.432 e. The lowest BCUT2D eigenvalue weighted by atomic mass is 10.3. The SMILES string of the molecule is O=C(Nc1ncc(Cl)cc1Cl)c1cc(C(F)(F)F)[nH]n1. The van der Waals surface area contributed by atoms with Gasteiger partial charge in [-0.3, -0.25) is 9.89 Å². The van der Waals surface area contributed by atoms with Gasteiger partial charge in [0.25, 0.3) is 5.91 Å². The van der Waals surface area contributed by atoms with Crippen LogP contribution in [0.1, 0.15) is 16.2 Å². The van der Waals surface area contributed by atoms with Gasteiger partial charge in [-0.2, -0.15) is 18.3 Å². The fraction of sp³-hybridized carbons (Fsp3) is 0.100. The van der Waals surface area contributed by atoms with Crippen LogP contribution in [0.4, 0.5) is 19.0 Å². The van der Waals surface area contributed by atoms with Crippen molar-refractivity contribution in [3.63, 3.8) is 0 Å². The van der Waals surface area contributed by atoms with Crippen LogP contribution >= 0.6 is 23.2 Å². The van der Waals surface area contributed by atoms with Crippen molar-refractivity contribution in [1.29, 1.82) is 0 Å². The number of aromatic nitrogens is 3. The lowest BCUT2D eigenvalue weighted by molar-refractivity contribution is -0.141. The summed E-state index contributed by atoms with van der Waals surface area (Å²) in [6, 6.07) is 1.91. The van der Waals surface area contributed by atoms with E-state index in [1.54, 1.807) is 5.10 Å². The number of alkyl halides is 3. The number of hydrogen-bond donors (Lipinski definition) is 2. The maximum absolute atomic E-state index is 12.3. The molecule has 0 aliphatic carbocycles. The predicted octanol–water partition coefficient (Wildman–Crippen LogP) is 3.38. The summed E-state index contributed by atoms with van der Waals surface area (Å²) in [5.74, 6) is -0.911. The van der Waals surface area contributed by atoms with E-state index in [-0.39, 0.29) is 15.9 Å². The molecule has 5 nitrogen and oxygen atoms in total. The van der Waals surface area contributed by atoms with Crippen LogP contribution in [0.5, 0.6) is 0 Å². The maximum Gasteiger partial charge on any atom is 0.432 e. The number of carbonyl (C=O) groups is 1. The molecule has 2 N–H and O–H groups in total. The van der Waals surface area contributed by atoms with Crippen molar-refractivity contribution in [2.24, 2.45) is 0 Å². The van der Waals surface area contributed by atoms with Crippen LogP contribution in [0.2, 0.25) is 10.0 Å². The Bertz CT molecular complexity index is 656. The molecular formula is C10H5Cl2F3N4O. The molecule has 1 amide bonds. The topological polar surface area (TPSA) is 70.7 Å². The van der Waals surface area contributed by atoms with Gasteiger partial charge in [0, 0.05) is 12.3 Å². The molecule has 20 heavy (non-hydrogen) atoms. The number of halogens is 5. The molecule has 0 atom stereocenters. The fourth-order valence-electron chi connectivity index (χ4n) is 1.26. The van der Waals surface area contributed by atoms with E-state index in [0.717, 1.165) is 0 Å². The number of nitrogens with one attached hydrogen (secondary N) is 2. The Labute approximate surface area is 120 Å². The Balaban J connectivity index is 2.18. The summed E-state index contributed by atoms with van der Waals surface area (Å²) in [6.07, 6.45) is -3.38. The number of aromatic amines is 1. The standard InChI is InChI=1S/C10H5Cl2F3N4O/c11-4-1-5(12)8(16-3-4)17-9(20)6-2-7(19-18-6)10(13,14)15/h1-3H,(H,18,19)(H,16,17,20). The smallest absolute Gasteiger partial charge is 0.304 e. The number of H-pyrrole nitrogens is 1. The second kappa shape index (κ2) is 5.29. The monoisotopic (exact) mass is 324 g/mol. The summed E-state index contributed by atoms with van der Waals surface area (Å²) in [5.41, 5.74) is -1.57. The number of anilines is 1. The Morgan fingerprint density at radius 3 is 2.55 bits per heavy atom. The molecule has 0 unspecified atom stereocenters. The molecule has 0 aromatic carbocycles. The molecule has 10 heteroatoms. The molecule has 2 aromatic heterocycles. The zero-order chi connectivity index (χ0) is 14.9. The molecule has 0 saturated heterocycles. The zero-order valence-electron chi connectivity index (χ0n) is 9.42. The molecule has 2 heterocycles. The second-order valence-corrected chi connectivity index (χ2v) is 4.45. The molecule has 0 bridgehead atoms. The lowest BCUT2D eigenvalue weighted by Crippen LogP contribution is -2.13. The molecular weight excluding hydrogens is 320 g/mol. The number of hydrogen-bond acceptors (Lipinski definition) is 3. The minimum absolute atomic E-state index is 0.0300. The summed E-state index contributed by atoms with van der Waals surface area (Å²) in [7, 11) is 0. The lowest BCUT2D eigenvalue weighted by Gasteiger charge is -2.04. The van der Waals surface area contributed by atoms with Gasteiger partial charge in [-0.05, 0) is 6.07 Å². The number of rotatable bonds is 2. The predicted molar refractivity (Wildman–Crippen MR) is 65.8 cm³/mol. The second-order valence-electron chi connectivity index (χ2n) is 3.60. The number of carbonyl (C=O) groups excluding carboxylic acids is 1. The number of nitrogens with zero attached hydrogens (tertiary/aromatic N) is 2. The van der Waals surface area contributed by atoms with E-state index in [1.165, 1.54) is 12.3 Å². The minimum atomic E-state index is -4.61. The van der Waals surface area contributed by atoms with Crippen molar-refractivity contribution >= 4 is 34.9 Å². The molecule has 106 valence electrons. The van der Waals surface area contributed by atoms with Gasteiger partial charge < -0.3 is 5.32 Å². The molecule has 0 saturated carbocycles. The normalized spacial score (nSPS) is 11.4. The number of amides is 1. The molecule has 0 radical (unpaired) electrons. The van der Waals surface area contributed by atoms with Gasteiger partial charge in [0.05, 0.1) is 10.0 Å². The van der Waals surface area contributed by atoms with Crippen molar-refractivity contribution in [2.75, 3.05) is 5.32 Å². The Morgan fingerprint density at radius 1 is 1.30 bits per heavy atom. The fourth-order valence-corrected chi connectivity index (χ4v) is 1.69. The van der Waals surface area contributed by atoms with Crippen molar-refractivity contribution in [1.82, 2.24) is 15.2 Å². The van der Waals surface area contributed by atoms with Crippen LogP contribution in [-0.2, 0) is 6.18 Å². The zero-order valence-corrected chi connectivity index (χ0v) is 10.9. The Kier molecular flexibility index (Phi) is 3.87. The number of pyridine rings is 1. The van der Waals surface area contributed by atoms with E-state index in [1.807, 2.05) is 0 Å². The third-order valence-electron chi connectivity index (χ3n) is 2.16. The van der Waals surface area contributed by atoms with Crippen molar-refractivity contribution in [2.45, 2.75) is 6.18 Å². The highest BCUT2D eigenvalue weighted by atomic mass is 35.5. The van der Waals surface area contributed by atoms with Gasteiger partial charge >= 0.3 is 6.18 Å². The summed E-state index contributed by atoms with van der Waals surface area (Å²) in [6.45, 7) is 0. The van der Waals surface area contributed by atoms with Crippen LogP contribution in [0.15, 0.2) is 18.3 Å². The van der Waals surface area contributed by atoms with E-state index in [2.05, 4.69) is 15.4 Å². The van der Waals surface area contributed by atoms with Crippen LogP contribution in [0.25, 0.3) is 0 Å². The molecule has 2 rings (SSSR count). The molecule has 2 aromatic rings. The first-order valence-electron chi connectivity index (χ1n) is 5.02. The van der Waals surface area contributed by atoms with Gasteiger partial charge in [0.1, 0.15) is 5.69 Å². The van der Waals surface area contributed by atoms with Crippen molar-refractivity contribution in [3.8, 4) is 0 Å². The minimum Gasteiger partial charge on any atom is -0.304 e. The third kappa shape index (κ3) is 3.20. The van der Waals surface area contributed by atoms with E-state index in [4.69, 9.17) is 23.2 Å². The molecule has 0 aliphatic heterocycles. The van der Waals surface area contributed by atoms with Gasteiger partial charge in [0.2, 0.25) is 0 Å². The van der Waals surface area contributed by atoms with Gasteiger partial charge in [-0.15, -0.1) is 0 Å². The van der Waals surface area contributed by atoms with Crippen LogP contribution in [-0.4, -0.2) is 21.1 Å². The van der Waals surface area contributed by atoms with Crippen molar-refractivity contribution in [3.05, 3.63) is 39.8 Å². The van der Waals surface area contributed by atoms with Gasteiger partial charge in [-0.1, -0.05) is 23.2 Å². The summed E-state index contributed by atoms with van der Waals surface area (Å²) < 4.78 is 37.0. The van der Waals surface area contributed by atoms with Crippen LogP contribution in [0, 0.1) is 0 Å². The quantitative estimate of drug-likeness (QED) is 0.889. The van der Waals surface area contributed by atoms with Gasteiger partial charge in [-0.25, -0.2) is 4.98 Å². The Morgan fingerprint density at radius 2 is 2.00 bits per heavy atom. The average molecular weight is 325 g/mol. The Hall–Kier alpha value is -1.80. The maximum atomic E-state index is 12.3. The molecule has 0 aliphatic rings. The first-order valence-corrected chi connectivity index (χ1v) is 5.78. The summed E-state index contributed by atoms with van der Waals surface area (Å²) in [4.78, 5) is 15.4. The highest BCUT2D eigenvalue weighted by molar-refractivity contribution is 6.36. The third-order valence-corrected chi connectivity index (χ3v) is 2.65. The van der Waals surface area contributed by atoms with Crippen molar-refractivity contribution < 1.29 is 18.0 Å². The van der Waals surface area contributed by atoms with E-state index < -0.39 is 23.5 Å². The first-order chi connectivity index (χ1) is 9.27. The molecule has 0 spiro atoms. The van der Waals surface area contributed by atoms with E-state index >= 15 is 0 Å². The van der Waals surface area contributed by atoms with Gasteiger partial charge in [0.15, 0.2) is 11.5 Å². The van der Waals surface area contributed by atoms with E-state index in [9.17, 15) is 18.0 Å². The summed E-state index contributed by atoms with van der Waals surface area (Å²) in [5, 5.41) is 7.54. The average Bonchev–Trinajstić information content (AvgIpc) is 2.82. The summed E-state index contributed by atoms with van der Waals surface area (Å²) >= 11 is 11.4. The van der Waals surface area contributed by atoms with E-state index in [0.29, 0.717) is 6.07 Å². The van der Waals surface area contributed by atoms with Crippen LogP contribution in [0.3, 0.4) is 0 Å². The first kappa shape index (κ1) is 14.6.